The van der Waals surface area contributed by atoms with Crippen molar-refractivity contribution in [1.82, 2.24) is 10.2 Å². The number of guanidine groups is 1. The fraction of sp³-hybridized carbons (Fsp3) is 0.933. The summed E-state index contributed by atoms with van der Waals surface area (Å²) in [6.07, 6.45) is 4.75. The van der Waals surface area contributed by atoms with Crippen LogP contribution in [0.25, 0.3) is 0 Å². The van der Waals surface area contributed by atoms with Crippen LogP contribution in [0.4, 0.5) is 0 Å². The van der Waals surface area contributed by atoms with Gasteiger partial charge in [-0.3, -0.25) is 4.99 Å². The number of hydrogen-bond donors (Lipinski definition) is 1. The maximum Gasteiger partial charge on any atom is 0.193 e. The van der Waals surface area contributed by atoms with Crippen LogP contribution in [0.3, 0.4) is 0 Å². The normalized spacial score (nSPS) is 23.3. The Hall–Kier alpha value is -0.0900. The van der Waals surface area contributed by atoms with Gasteiger partial charge >= 0.3 is 0 Å². The molecule has 2 aliphatic heterocycles. The zero-order valence-corrected chi connectivity index (χ0v) is 17.5. The summed E-state index contributed by atoms with van der Waals surface area (Å²) in [5, 5.41) is 3.31. The van der Waals surface area contributed by atoms with Crippen LogP contribution in [0.2, 0.25) is 0 Å². The molecule has 1 N–H and O–H groups in total. The summed E-state index contributed by atoms with van der Waals surface area (Å²) in [7, 11) is -1.39. The fourth-order valence-corrected chi connectivity index (χ4v) is 4.46. The molecule has 0 unspecified atom stereocenters. The highest BCUT2D eigenvalue weighted by Gasteiger charge is 2.42. The van der Waals surface area contributed by atoms with Gasteiger partial charge in [0, 0.05) is 46.2 Å². The van der Waals surface area contributed by atoms with Crippen molar-refractivity contribution in [1.29, 1.82) is 0 Å². The lowest BCUT2D eigenvalue weighted by molar-refractivity contribution is 0.0754. The molecule has 2 aliphatic rings. The smallest absolute Gasteiger partial charge is 0.193 e. The SMILES string of the molecule is CN=C(NCC1(S(C)(=O)=O)CCOCC1)N1CCC(C)CC1.I. The first-order valence-electron chi connectivity index (χ1n) is 8.11. The molecule has 0 spiro atoms. The number of nitrogens with zero attached hydrogens (tertiary/aromatic N) is 2. The van der Waals surface area contributed by atoms with Gasteiger partial charge in [0.1, 0.15) is 0 Å². The van der Waals surface area contributed by atoms with Crippen LogP contribution in [-0.4, -0.2) is 70.2 Å². The first-order valence-corrected chi connectivity index (χ1v) is 10.00. The highest BCUT2D eigenvalue weighted by Crippen LogP contribution is 2.28. The Kier molecular flexibility index (Phi) is 8.06. The molecule has 2 heterocycles. The number of nitrogens with one attached hydrogen (secondary N) is 1. The van der Waals surface area contributed by atoms with Crippen molar-refractivity contribution in [3.8, 4) is 0 Å². The van der Waals surface area contributed by atoms with E-state index in [1.165, 1.54) is 6.26 Å². The van der Waals surface area contributed by atoms with Crippen LogP contribution in [0, 0.1) is 5.92 Å². The van der Waals surface area contributed by atoms with E-state index >= 15 is 0 Å². The van der Waals surface area contributed by atoms with Crippen LogP contribution < -0.4 is 5.32 Å². The number of halogens is 1. The van der Waals surface area contributed by atoms with Gasteiger partial charge in [0.2, 0.25) is 0 Å². The summed E-state index contributed by atoms with van der Waals surface area (Å²) in [5.41, 5.74) is 0. The van der Waals surface area contributed by atoms with Crippen molar-refractivity contribution in [2.24, 2.45) is 10.9 Å². The zero-order valence-electron chi connectivity index (χ0n) is 14.4. The molecule has 0 aromatic carbocycles. The summed E-state index contributed by atoms with van der Waals surface area (Å²) < 4.78 is 29.2. The maximum atomic E-state index is 12.3. The Labute approximate surface area is 157 Å². The van der Waals surface area contributed by atoms with Gasteiger partial charge in [0.15, 0.2) is 15.8 Å². The fourth-order valence-electron chi connectivity index (χ4n) is 3.21. The molecule has 2 saturated heterocycles. The third-order valence-corrected chi connectivity index (χ3v) is 7.18. The molecule has 136 valence electrons. The Balaban J connectivity index is 0.00000264. The number of hydrogen-bond acceptors (Lipinski definition) is 4. The molecule has 0 amide bonds. The van der Waals surface area contributed by atoms with E-state index in [2.05, 4.69) is 22.1 Å². The minimum atomic E-state index is -3.15. The molecule has 0 aromatic rings. The van der Waals surface area contributed by atoms with Gasteiger partial charge in [-0.1, -0.05) is 6.92 Å². The third kappa shape index (κ3) is 5.19. The van der Waals surface area contributed by atoms with E-state index in [1.807, 2.05) is 0 Å². The van der Waals surface area contributed by atoms with Crippen molar-refractivity contribution in [2.45, 2.75) is 37.4 Å². The Morgan fingerprint density at radius 3 is 2.35 bits per heavy atom. The third-order valence-electron chi connectivity index (χ3n) is 5.05. The molecule has 2 rings (SSSR count). The average molecular weight is 459 g/mol. The molecule has 0 radical (unpaired) electrons. The Bertz CT molecular complexity index is 496. The number of ether oxygens (including phenoxy) is 1. The van der Waals surface area contributed by atoms with Gasteiger partial charge in [-0.05, 0) is 31.6 Å². The highest BCUT2D eigenvalue weighted by atomic mass is 127. The first-order chi connectivity index (χ1) is 10.4. The van der Waals surface area contributed by atoms with E-state index in [0.717, 1.165) is 37.8 Å². The largest absolute Gasteiger partial charge is 0.381 e. The molecule has 0 bridgehead atoms. The van der Waals surface area contributed by atoms with E-state index in [9.17, 15) is 8.42 Å². The quantitative estimate of drug-likeness (QED) is 0.394. The number of rotatable bonds is 3. The van der Waals surface area contributed by atoms with Gasteiger partial charge in [0.05, 0.1) is 4.75 Å². The lowest BCUT2D eigenvalue weighted by atomic mass is 9.98. The Morgan fingerprint density at radius 1 is 1.30 bits per heavy atom. The molecular weight excluding hydrogens is 429 g/mol. The van der Waals surface area contributed by atoms with E-state index < -0.39 is 14.6 Å². The van der Waals surface area contributed by atoms with Crippen molar-refractivity contribution in [3.05, 3.63) is 0 Å². The van der Waals surface area contributed by atoms with Gasteiger partial charge in [-0.25, -0.2) is 8.42 Å². The average Bonchev–Trinajstić information content (AvgIpc) is 2.49. The van der Waals surface area contributed by atoms with Gasteiger partial charge in [0.25, 0.3) is 0 Å². The second-order valence-corrected chi connectivity index (χ2v) is 9.05. The van der Waals surface area contributed by atoms with Crippen LogP contribution in [0.1, 0.15) is 32.6 Å². The molecule has 0 aliphatic carbocycles. The number of aliphatic imine (C=N–C) groups is 1. The Morgan fingerprint density at radius 2 is 1.87 bits per heavy atom. The van der Waals surface area contributed by atoms with Crippen LogP contribution in [0.15, 0.2) is 4.99 Å². The van der Waals surface area contributed by atoms with E-state index in [4.69, 9.17) is 4.74 Å². The molecule has 0 aromatic heterocycles. The van der Waals surface area contributed by atoms with Crippen LogP contribution in [0.5, 0.6) is 0 Å². The zero-order chi connectivity index (χ0) is 16.2. The first kappa shape index (κ1) is 21.0. The van der Waals surface area contributed by atoms with Gasteiger partial charge < -0.3 is 15.0 Å². The monoisotopic (exact) mass is 459 g/mol. The van der Waals surface area contributed by atoms with Gasteiger partial charge in [-0.15, -0.1) is 24.0 Å². The standard InChI is InChI=1S/C15H29N3O3S.HI/c1-13-4-8-18(9-5-13)14(16-2)17-12-15(22(3,19)20)6-10-21-11-7-15;/h13H,4-12H2,1-3H3,(H,16,17);1H. The van der Waals surface area contributed by atoms with Gasteiger partial charge in [-0.2, -0.15) is 0 Å². The lowest BCUT2D eigenvalue weighted by Crippen LogP contribution is -2.55. The predicted octanol–water partition coefficient (Wildman–Crippen LogP) is 1.51. The molecule has 2 fully saturated rings. The van der Waals surface area contributed by atoms with E-state index in [0.29, 0.717) is 32.6 Å². The summed E-state index contributed by atoms with van der Waals surface area (Å²) in [6.45, 7) is 5.66. The maximum absolute atomic E-state index is 12.3. The lowest BCUT2D eigenvalue weighted by Gasteiger charge is -2.38. The van der Waals surface area contributed by atoms with Crippen LogP contribution in [-0.2, 0) is 14.6 Å². The van der Waals surface area contributed by atoms with Crippen LogP contribution >= 0.6 is 24.0 Å². The van der Waals surface area contributed by atoms with E-state index in [1.54, 1.807) is 7.05 Å². The summed E-state index contributed by atoms with van der Waals surface area (Å²) in [5.74, 6) is 1.58. The minimum Gasteiger partial charge on any atom is -0.381 e. The predicted molar refractivity (Wildman–Crippen MR) is 104 cm³/mol. The van der Waals surface area contributed by atoms with Crippen molar-refractivity contribution in [2.75, 3.05) is 46.2 Å². The number of sulfone groups is 1. The van der Waals surface area contributed by atoms with Crippen molar-refractivity contribution < 1.29 is 13.2 Å². The van der Waals surface area contributed by atoms with Crippen molar-refractivity contribution in [3.63, 3.8) is 0 Å². The van der Waals surface area contributed by atoms with E-state index in [-0.39, 0.29) is 24.0 Å². The molecular formula is C15H30IN3O3S. The molecule has 23 heavy (non-hydrogen) atoms. The molecule has 0 saturated carbocycles. The number of likely N-dealkylation sites (tertiary alicyclic amines) is 1. The molecule has 8 heteroatoms. The molecule has 6 nitrogen and oxygen atoms in total. The number of piperidine rings is 1. The second-order valence-electron chi connectivity index (χ2n) is 6.64. The highest BCUT2D eigenvalue weighted by molar-refractivity contribution is 14.0. The second kappa shape index (κ2) is 8.84. The topological polar surface area (TPSA) is 71.0 Å². The minimum absolute atomic E-state index is 0. The van der Waals surface area contributed by atoms with Crippen molar-refractivity contribution >= 4 is 39.8 Å². The summed E-state index contributed by atoms with van der Waals surface area (Å²) >= 11 is 0. The molecule has 0 atom stereocenters. The summed E-state index contributed by atoms with van der Waals surface area (Å²) in [4.78, 5) is 6.57. The summed E-state index contributed by atoms with van der Waals surface area (Å²) in [6, 6.07) is 0.